The maximum atomic E-state index is 12.8. The summed E-state index contributed by atoms with van der Waals surface area (Å²) in [6.07, 6.45) is 0.385. The van der Waals surface area contributed by atoms with Gasteiger partial charge in [-0.3, -0.25) is 4.31 Å². The molecule has 124 valence electrons. The second-order valence-electron chi connectivity index (χ2n) is 5.30. The lowest BCUT2D eigenvalue weighted by atomic mass is 10.2. The fourth-order valence-electron chi connectivity index (χ4n) is 2.63. The zero-order valence-electron chi connectivity index (χ0n) is 12.4. The summed E-state index contributed by atoms with van der Waals surface area (Å²) in [5.41, 5.74) is 1.27. The minimum Gasteiger partial charge on any atom is -0.266 e. The molecule has 0 atom stereocenters. The van der Waals surface area contributed by atoms with Crippen LogP contribution in [0.5, 0.6) is 0 Å². The van der Waals surface area contributed by atoms with Crippen LogP contribution in [0.25, 0.3) is 0 Å². The van der Waals surface area contributed by atoms with E-state index >= 15 is 0 Å². The van der Waals surface area contributed by atoms with E-state index in [-0.39, 0.29) is 21.9 Å². The highest BCUT2D eigenvalue weighted by Gasteiger charge is 2.31. The summed E-state index contributed by atoms with van der Waals surface area (Å²) in [4.78, 5) is -0.0306. The fourth-order valence-corrected chi connectivity index (χ4v) is 4.74. The topological polar surface area (TPSA) is 121 Å². The van der Waals surface area contributed by atoms with Gasteiger partial charge in [-0.2, -0.15) is 5.26 Å². The minimum absolute atomic E-state index is 0.0184. The summed E-state index contributed by atoms with van der Waals surface area (Å²) in [5, 5.41) is 14.0. The van der Waals surface area contributed by atoms with Crippen molar-refractivity contribution in [3.05, 3.63) is 53.6 Å². The average Bonchev–Trinajstić information content (AvgIpc) is 2.98. The van der Waals surface area contributed by atoms with E-state index in [2.05, 4.69) is 0 Å². The van der Waals surface area contributed by atoms with Crippen molar-refractivity contribution in [2.75, 3.05) is 10.8 Å². The number of nitriles is 1. The Morgan fingerprint density at radius 1 is 1.04 bits per heavy atom. The van der Waals surface area contributed by atoms with Crippen LogP contribution < -0.4 is 9.44 Å². The van der Waals surface area contributed by atoms with E-state index in [1.165, 1.54) is 46.8 Å². The second kappa shape index (κ2) is 5.59. The van der Waals surface area contributed by atoms with Crippen molar-refractivity contribution >= 4 is 25.7 Å². The van der Waals surface area contributed by atoms with E-state index in [9.17, 15) is 16.8 Å². The Labute approximate surface area is 140 Å². The molecule has 2 aromatic carbocycles. The van der Waals surface area contributed by atoms with Crippen molar-refractivity contribution in [1.29, 1.82) is 5.26 Å². The first-order chi connectivity index (χ1) is 11.2. The van der Waals surface area contributed by atoms with Gasteiger partial charge in [-0.05, 0) is 48.4 Å². The molecule has 0 saturated carbocycles. The number of anilines is 1. The summed E-state index contributed by atoms with van der Waals surface area (Å²) in [6.45, 7) is 0.197. The molecular weight excluding hydrogens is 350 g/mol. The molecule has 0 aromatic heterocycles. The van der Waals surface area contributed by atoms with Crippen LogP contribution in [-0.4, -0.2) is 23.4 Å². The van der Waals surface area contributed by atoms with Gasteiger partial charge in [0, 0.05) is 6.54 Å². The number of primary sulfonamides is 1. The highest BCUT2D eigenvalue weighted by molar-refractivity contribution is 7.92. The van der Waals surface area contributed by atoms with Gasteiger partial charge in [-0.15, -0.1) is 0 Å². The molecule has 0 amide bonds. The zero-order valence-corrected chi connectivity index (χ0v) is 14.0. The number of nitrogens with zero attached hydrogens (tertiary/aromatic N) is 2. The zero-order chi connectivity index (χ0) is 17.5. The summed E-state index contributed by atoms with van der Waals surface area (Å²) < 4.78 is 49.7. The molecule has 3 rings (SSSR count). The van der Waals surface area contributed by atoms with Crippen molar-refractivity contribution in [1.82, 2.24) is 0 Å². The first kappa shape index (κ1) is 16.4. The quantitative estimate of drug-likeness (QED) is 0.870. The predicted molar refractivity (Wildman–Crippen MR) is 87.2 cm³/mol. The SMILES string of the molecule is N#Cc1cccc(S(=O)(=O)N2CCc3cc(S(N)(=O)=O)ccc32)c1. The summed E-state index contributed by atoms with van der Waals surface area (Å²) in [6, 6.07) is 11.8. The molecule has 7 nitrogen and oxygen atoms in total. The Hall–Kier alpha value is -2.41. The largest absolute Gasteiger partial charge is 0.266 e. The summed E-state index contributed by atoms with van der Waals surface area (Å²) >= 11 is 0. The van der Waals surface area contributed by atoms with Gasteiger partial charge in [0.2, 0.25) is 10.0 Å². The molecule has 0 fully saturated rings. The van der Waals surface area contributed by atoms with Crippen molar-refractivity contribution in [3.8, 4) is 6.07 Å². The third-order valence-corrected chi connectivity index (χ3v) is 6.50. The lowest BCUT2D eigenvalue weighted by Crippen LogP contribution is -2.29. The van der Waals surface area contributed by atoms with Crippen molar-refractivity contribution in [3.63, 3.8) is 0 Å². The smallest absolute Gasteiger partial charge is 0.264 e. The van der Waals surface area contributed by atoms with E-state index < -0.39 is 20.0 Å². The molecule has 0 aliphatic carbocycles. The number of fused-ring (bicyclic) bond motifs is 1. The number of benzene rings is 2. The Bertz CT molecular complexity index is 1070. The van der Waals surface area contributed by atoms with E-state index in [1.54, 1.807) is 0 Å². The summed E-state index contributed by atoms with van der Waals surface area (Å²) in [7, 11) is -7.67. The second-order valence-corrected chi connectivity index (χ2v) is 8.73. The summed E-state index contributed by atoms with van der Waals surface area (Å²) in [5.74, 6) is 0. The van der Waals surface area contributed by atoms with Gasteiger partial charge in [0.05, 0.1) is 27.1 Å². The van der Waals surface area contributed by atoms with Crippen LogP contribution in [0.2, 0.25) is 0 Å². The lowest BCUT2D eigenvalue weighted by Gasteiger charge is -2.19. The molecule has 0 bridgehead atoms. The monoisotopic (exact) mass is 363 g/mol. The standard InChI is InChI=1S/C15H13N3O4S2/c16-10-11-2-1-3-14(8-11)24(21,22)18-7-6-12-9-13(23(17,19)20)4-5-15(12)18/h1-5,8-9H,6-7H2,(H2,17,19,20). The van der Waals surface area contributed by atoms with Crippen LogP contribution in [0.1, 0.15) is 11.1 Å². The molecule has 2 aromatic rings. The van der Waals surface area contributed by atoms with Crippen LogP contribution in [0.4, 0.5) is 5.69 Å². The normalized spacial score (nSPS) is 14.2. The van der Waals surface area contributed by atoms with Crippen LogP contribution in [-0.2, 0) is 26.5 Å². The Morgan fingerprint density at radius 2 is 1.79 bits per heavy atom. The van der Waals surface area contributed by atoms with Gasteiger partial charge in [-0.25, -0.2) is 22.0 Å². The molecule has 0 saturated heterocycles. The molecule has 0 radical (unpaired) electrons. The minimum atomic E-state index is -3.84. The highest BCUT2D eigenvalue weighted by Crippen LogP contribution is 2.34. The van der Waals surface area contributed by atoms with Gasteiger partial charge in [0.15, 0.2) is 0 Å². The molecule has 1 aliphatic rings. The van der Waals surface area contributed by atoms with Gasteiger partial charge in [-0.1, -0.05) is 6.07 Å². The molecule has 2 N–H and O–H groups in total. The lowest BCUT2D eigenvalue weighted by molar-refractivity contribution is 0.592. The number of nitrogens with two attached hydrogens (primary N) is 1. The molecule has 1 heterocycles. The van der Waals surface area contributed by atoms with Crippen LogP contribution in [0.15, 0.2) is 52.3 Å². The maximum Gasteiger partial charge on any atom is 0.264 e. The first-order valence-corrected chi connectivity index (χ1v) is 9.91. The Balaban J connectivity index is 2.06. The third-order valence-electron chi connectivity index (χ3n) is 3.78. The van der Waals surface area contributed by atoms with Gasteiger partial charge < -0.3 is 0 Å². The van der Waals surface area contributed by atoms with Crippen molar-refractivity contribution in [2.45, 2.75) is 16.2 Å². The van der Waals surface area contributed by atoms with E-state index in [0.29, 0.717) is 17.7 Å². The fraction of sp³-hybridized carbons (Fsp3) is 0.133. The molecule has 0 spiro atoms. The van der Waals surface area contributed by atoms with Crippen molar-refractivity contribution in [2.24, 2.45) is 5.14 Å². The van der Waals surface area contributed by atoms with Gasteiger partial charge in [0.1, 0.15) is 0 Å². The van der Waals surface area contributed by atoms with E-state index in [4.69, 9.17) is 10.4 Å². The number of sulfonamides is 2. The first-order valence-electron chi connectivity index (χ1n) is 6.92. The van der Waals surface area contributed by atoms with Crippen molar-refractivity contribution < 1.29 is 16.8 Å². The van der Waals surface area contributed by atoms with Crippen LogP contribution >= 0.6 is 0 Å². The highest BCUT2D eigenvalue weighted by atomic mass is 32.2. The molecule has 0 unspecified atom stereocenters. The number of rotatable bonds is 3. The molecule has 1 aliphatic heterocycles. The van der Waals surface area contributed by atoms with Gasteiger partial charge in [0.25, 0.3) is 10.0 Å². The predicted octanol–water partition coefficient (Wildman–Crippen LogP) is 0.957. The Kier molecular flexibility index (Phi) is 3.83. The molecular formula is C15H13N3O4S2. The molecule has 9 heteroatoms. The third kappa shape index (κ3) is 2.75. The average molecular weight is 363 g/mol. The van der Waals surface area contributed by atoms with Gasteiger partial charge >= 0.3 is 0 Å². The Morgan fingerprint density at radius 3 is 2.46 bits per heavy atom. The van der Waals surface area contributed by atoms with E-state index in [0.717, 1.165) is 0 Å². The van der Waals surface area contributed by atoms with Crippen LogP contribution in [0, 0.1) is 11.3 Å². The number of hydrogen-bond acceptors (Lipinski definition) is 5. The number of hydrogen-bond donors (Lipinski definition) is 1. The van der Waals surface area contributed by atoms with E-state index in [1.807, 2.05) is 6.07 Å². The maximum absolute atomic E-state index is 12.8. The molecule has 24 heavy (non-hydrogen) atoms. The van der Waals surface area contributed by atoms with Crippen LogP contribution in [0.3, 0.4) is 0 Å².